The standard InChI is InChI=1S/C8H3ClF3NO3S2/c9-18(14,15)7-2-6(17)4(3-13)1-5(7)16-8(10,11)12/h1-2,17H. The van der Waals surface area contributed by atoms with Gasteiger partial charge in [0.2, 0.25) is 0 Å². The number of hydrogen-bond donors (Lipinski definition) is 1. The van der Waals surface area contributed by atoms with Crippen molar-refractivity contribution >= 4 is 32.4 Å². The molecular weight excluding hydrogens is 315 g/mol. The average Bonchev–Trinajstić information content (AvgIpc) is 2.16. The van der Waals surface area contributed by atoms with E-state index in [1.165, 1.54) is 6.07 Å². The van der Waals surface area contributed by atoms with Gasteiger partial charge < -0.3 is 4.74 Å². The van der Waals surface area contributed by atoms with Crippen molar-refractivity contribution in [1.82, 2.24) is 0 Å². The summed E-state index contributed by atoms with van der Waals surface area (Å²) in [4.78, 5) is -1.04. The van der Waals surface area contributed by atoms with E-state index < -0.39 is 26.1 Å². The second-order valence-electron chi connectivity index (χ2n) is 2.91. The third kappa shape index (κ3) is 3.69. The SMILES string of the molecule is N#Cc1cc(OC(F)(F)F)c(S(=O)(=O)Cl)cc1S. The van der Waals surface area contributed by atoms with Crippen LogP contribution < -0.4 is 4.74 Å². The number of hydrogen-bond acceptors (Lipinski definition) is 5. The molecule has 0 aromatic heterocycles. The molecule has 10 heteroatoms. The highest BCUT2D eigenvalue weighted by atomic mass is 35.7. The van der Waals surface area contributed by atoms with Crippen LogP contribution in [0.4, 0.5) is 13.2 Å². The zero-order chi connectivity index (χ0) is 14.1. The normalized spacial score (nSPS) is 12.0. The molecule has 0 aliphatic rings. The van der Waals surface area contributed by atoms with Crippen molar-refractivity contribution in [3.8, 4) is 11.8 Å². The fourth-order valence-electron chi connectivity index (χ4n) is 1.03. The average molecular weight is 318 g/mol. The lowest BCUT2D eigenvalue weighted by atomic mass is 10.2. The topological polar surface area (TPSA) is 67.2 Å². The molecule has 0 aliphatic heterocycles. The number of halogens is 4. The third-order valence-corrected chi connectivity index (χ3v) is 3.38. The molecule has 4 nitrogen and oxygen atoms in total. The molecule has 0 bridgehead atoms. The van der Waals surface area contributed by atoms with E-state index in [9.17, 15) is 21.6 Å². The minimum atomic E-state index is -5.11. The predicted molar refractivity (Wildman–Crippen MR) is 58.1 cm³/mol. The van der Waals surface area contributed by atoms with Gasteiger partial charge in [0.25, 0.3) is 9.05 Å². The van der Waals surface area contributed by atoms with Crippen LogP contribution in [-0.4, -0.2) is 14.8 Å². The van der Waals surface area contributed by atoms with Gasteiger partial charge in [0, 0.05) is 21.6 Å². The van der Waals surface area contributed by atoms with E-state index in [1.807, 2.05) is 0 Å². The quantitative estimate of drug-likeness (QED) is 0.672. The van der Waals surface area contributed by atoms with E-state index in [2.05, 4.69) is 17.4 Å². The van der Waals surface area contributed by atoms with Crippen molar-refractivity contribution in [1.29, 1.82) is 5.26 Å². The van der Waals surface area contributed by atoms with Gasteiger partial charge >= 0.3 is 6.36 Å². The van der Waals surface area contributed by atoms with Gasteiger partial charge in [0.1, 0.15) is 11.0 Å². The van der Waals surface area contributed by atoms with E-state index in [0.29, 0.717) is 12.1 Å². The van der Waals surface area contributed by atoms with Crippen LogP contribution in [0.5, 0.6) is 5.75 Å². The Morgan fingerprint density at radius 1 is 1.39 bits per heavy atom. The maximum Gasteiger partial charge on any atom is 0.573 e. The Kier molecular flexibility index (Phi) is 4.05. The highest BCUT2D eigenvalue weighted by Gasteiger charge is 2.34. The predicted octanol–water partition coefficient (Wildman–Crippen LogP) is 2.67. The van der Waals surface area contributed by atoms with Crippen LogP contribution in [0.3, 0.4) is 0 Å². The van der Waals surface area contributed by atoms with Gasteiger partial charge in [-0.3, -0.25) is 0 Å². The lowest BCUT2D eigenvalue weighted by molar-refractivity contribution is -0.275. The van der Waals surface area contributed by atoms with Crippen LogP contribution in [0, 0.1) is 11.3 Å². The minimum absolute atomic E-state index is 0.133. The van der Waals surface area contributed by atoms with E-state index >= 15 is 0 Å². The molecular formula is C8H3ClF3NO3S2. The zero-order valence-electron chi connectivity index (χ0n) is 8.19. The van der Waals surface area contributed by atoms with E-state index in [4.69, 9.17) is 15.9 Å². The summed E-state index contributed by atoms with van der Waals surface area (Å²) in [7, 11) is 0.504. The molecule has 0 unspecified atom stereocenters. The summed E-state index contributed by atoms with van der Waals surface area (Å²) in [5.74, 6) is -1.08. The number of nitriles is 1. The second kappa shape index (κ2) is 4.87. The Hall–Kier alpha value is -1.11. The Morgan fingerprint density at radius 3 is 2.33 bits per heavy atom. The van der Waals surface area contributed by atoms with E-state index in [-0.39, 0.29) is 10.5 Å². The Labute approximate surface area is 110 Å². The molecule has 1 aromatic rings. The lowest BCUT2D eigenvalue weighted by Crippen LogP contribution is -2.18. The maximum absolute atomic E-state index is 12.1. The molecule has 0 N–H and O–H groups in total. The first-order valence-corrected chi connectivity index (χ1v) is 6.78. The van der Waals surface area contributed by atoms with Gasteiger partial charge in [-0.15, -0.1) is 25.8 Å². The molecule has 98 valence electrons. The van der Waals surface area contributed by atoms with Gasteiger partial charge in [-0.2, -0.15) is 5.26 Å². The molecule has 0 saturated carbocycles. The maximum atomic E-state index is 12.1. The van der Waals surface area contributed by atoms with Crippen molar-refractivity contribution in [3.05, 3.63) is 17.7 Å². The van der Waals surface area contributed by atoms with E-state index in [1.54, 1.807) is 0 Å². The van der Waals surface area contributed by atoms with Crippen molar-refractivity contribution in [2.24, 2.45) is 0 Å². The third-order valence-electron chi connectivity index (χ3n) is 1.67. The van der Waals surface area contributed by atoms with Crippen LogP contribution in [-0.2, 0) is 9.05 Å². The second-order valence-corrected chi connectivity index (χ2v) is 5.93. The number of rotatable bonds is 2. The zero-order valence-corrected chi connectivity index (χ0v) is 10.7. The Morgan fingerprint density at radius 2 is 1.94 bits per heavy atom. The summed E-state index contributed by atoms with van der Waals surface area (Å²) < 4.78 is 61.9. The van der Waals surface area contributed by atoms with Crippen molar-refractivity contribution < 1.29 is 26.3 Å². The molecule has 0 heterocycles. The monoisotopic (exact) mass is 317 g/mol. The van der Waals surface area contributed by atoms with Crippen LogP contribution in [0.2, 0.25) is 0 Å². The first-order chi connectivity index (χ1) is 8.04. The summed E-state index contributed by atoms with van der Waals surface area (Å²) in [6, 6.07) is 2.85. The fourth-order valence-corrected chi connectivity index (χ4v) is 2.33. The summed E-state index contributed by atoms with van der Waals surface area (Å²) >= 11 is 3.76. The number of thiol groups is 1. The summed E-state index contributed by atoms with van der Waals surface area (Å²) in [5.41, 5.74) is -0.276. The molecule has 0 radical (unpaired) electrons. The molecule has 0 spiro atoms. The van der Waals surface area contributed by atoms with Crippen molar-refractivity contribution in [3.63, 3.8) is 0 Å². The smallest absolute Gasteiger partial charge is 0.404 e. The molecule has 0 amide bonds. The van der Waals surface area contributed by atoms with Gasteiger partial charge in [-0.05, 0) is 6.07 Å². The highest BCUT2D eigenvalue weighted by molar-refractivity contribution is 8.13. The summed E-state index contributed by atoms with van der Waals surface area (Å²) in [6.07, 6.45) is -5.11. The van der Waals surface area contributed by atoms with Crippen LogP contribution in [0.15, 0.2) is 21.9 Å². The molecule has 0 saturated heterocycles. The lowest BCUT2D eigenvalue weighted by Gasteiger charge is -2.12. The Bertz CT molecular complexity index is 622. The van der Waals surface area contributed by atoms with E-state index in [0.717, 1.165) is 0 Å². The summed E-state index contributed by atoms with van der Waals surface area (Å²) in [6.45, 7) is 0. The molecule has 0 atom stereocenters. The number of alkyl halides is 3. The van der Waals surface area contributed by atoms with Gasteiger partial charge in [0.15, 0.2) is 5.75 Å². The van der Waals surface area contributed by atoms with Gasteiger partial charge in [-0.25, -0.2) is 8.42 Å². The van der Waals surface area contributed by atoms with Crippen LogP contribution in [0.25, 0.3) is 0 Å². The number of benzene rings is 1. The first-order valence-electron chi connectivity index (χ1n) is 4.02. The Balaban J connectivity index is 3.52. The molecule has 0 fully saturated rings. The first kappa shape index (κ1) is 14.9. The van der Waals surface area contributed by atoms with Crippen LogP contribution >= 0.6 is 23.3 Å². The molecule has 18 heavy (non-hydrogen) atoms. The van der Waals surface area contributed by atoms with Gasteiger partial charge in [0.05, 0.1) is 5.56 Å². The largest absolute Gasteiger partial charge is 0.573 e. The fraction of sp³-hybridized carbons (Fsp3) is 0.125. The molecule has 1 rings (SSSR count). The molecule has 1 aromatic carbocycles. The number of ether oxygens (including phenoxy) is 1. The van der Waals surface area contributed by atoms with Crippen molar-refractivity contribution in [2.45, 2.75) is 16.2 Å². The number of nitrogens with zero attached hydrogens (tertiary/aromatic N) is 1. The van der Waals surface area contributed by atoms with Crippen LogP contribution in [0.1, 0.15) is 5.56 Å². The highest BCUT2D eigenvalue weighted by Crippen LogP contribution is 2.34. The summed E-state index contributed by atoms with van der Waals surface area (Å²) in [5, 5.41) is 8.62. The molecule has 0 aliphatic carbocycles. The minimum Gasteiger partial charge on any atom is -0.404 e. The van der Waals surface area contributed by atoms with Crippen molar-refractivity contribution in [2.75, 3.05) is 0 Å². The van der Waals surface area contributed by atoms with Gasteiger partial charge in [-0.1, -0.05) is 0 Å².